The van der Waals surface area contributed by atoms with Gasteiger partial charge in [-0.1, -0.05) is 13.8 Å². The van der Waals surface area contributed by atoms with E-state index in [0.717, 1.165) is 38.8 Å². The number of carbonyl (C=O) groups excluding carboxylic acids is 1. The Morgan fingerprint density at radius 1 is 1.53 bits per heavy atom. The van der Waals surface area contributed by atoms with E-state index in [2.05, 4.69) is 19.2 Å². The Kier molecular flexibility index (Phi) is 5.69. The minimum atomic E-state index is 0.172. The predicted molar refractivity (Wildman–Crippen MR) is 60.7 cm³/mol. The molecule has 0 radical (unpaired) electrons. The molecule has 1 saturated heterocycles. The van der Waals surface area contributed by atoms with Crippen molar-refractivity contribution in [2.45, 2.75) is 52.1 Å². The summed E-state index contributed by atoms with van der Waals surface area (Å²) in [6.45, 7) is 6.01. The fourth-order valence-corrected chi connectivity index (χ4v) is 1.75. The molecule has 1 atom stereocenters. The van der Waals surface area contributed by atoms with Crippen molar-refractivity contribution < 1.29 is 9.53 Å². The second-order valence-corrected chi connectivity index (χ2v) is 4.71. The van der Waals surface area contributed by atoms with Crippen molar-refractivity contribution in [2.75, 3.05) is 13.2 Å². The molecule has 15 heavy (non-hydrogen) atoms. The number of carbonyl (C=O) groups is 1. The lowest BCUT2D eigenvalue weighted by molar-refractivity contribution is -0.121. The molecule has 0 aliphatic carbocycles. The van der Waals surface area contributed by atoms with E-state index in [1.165, 1.54) is 0 Å². The molecule has 3 nitrogen and oxygen atoms in total. The molecular formula is C12H23NO2. The van der Waals surface area contributed by atoms with E-state index in [1.54, 1.807) is 0 Å². The third kappa shape index (κ3) is 5.78. The molecule has 1 fully saturated rings. The van der Waals surface area contributed by atoms with Crippen molar-refractivity contribution in [1.82, 2.24) is 5.32 Å². The van der Waals surface area contributed by atoms with Crippen molar-refractivity contribution in [2.24, 2.45) is 5.92 Å². The van der Waals surface area contributed by atoms with Gasteiger partial charge in [0.2, 0.25) is 5.91 Å². The summed E-state index contributed by atoms with van der Waals surface area (Å²) in [5.74, 6) is 0.828. The van der Waals surface area contributed by atoms with E-state index in [0.29, 0.717) is 18.4 Å². The molecule has 1 aliphatic rings. The first-order valence-corrected chi connectivity index (χ1v) is 6.07. The van der Waals surface area contributed by atoms with Crippen molar-refractivity contribution in [3.05, 3.63) is 0 Å². The zero-order valence-electron chi connectivity index (χ0n) is 9.92. The molecule has 1 amide bonds. The number of hydrogen-bond acceptors (Lipinski definition) is 2. The molecule has 0 spiro atoms. The maximum absolute atomic E-state index is 11.4. The van der Waals surface area contributed by atoms with Crippen LogP contribution in [0.4, 0.5) is 0 Å². The van der Waals surface area contributed by atoms with Crippen molar-refractivity contribution >= 4 is 5.91 Å². The maximum atomic E-state index is 11.4. The van der Waals surface area contributed by atoms with Gasteiger partial charge < -0.3 is 10.1 Å². The summed E-state index contributed by atoms with van der Waals surface area (Å²) in [5, 5.41) is 2.94. The van der Waals surface area contributed by atoms with Crippen LogP contribution in [-0.2, 0) is 9.53 Å². The van der Waals surface area contributed by atoms with Crippen LogP contribution in [0.5, 0.6) is 0 Å². The van der Waals surface area contributed by atoms with E-state index in [4.69, 9.17) is 4.74 Å². The molecule has 0 aromatic carbocycles. The van der Waals surface area contributed by atoms with Crippen LogP contribution < -0.4 is 5.32 Å². The van der Waals surface area contributed by atoms with Gasteiger partial charge in [-0.3, -0.25) is 4.79 Å². The van der Waals surface area contributed by atoms with Gasteiger partial charge in [-0.15, -0.1) is 0 Å². The number of hydrogen-bond donors (Lipinski definition) is 1. The number of amides is 1. The number of nitrogens with one attached hydrogen (secondary N) is 1. The Balaban J connectivity index is 1.98. The lowest BCUT2D eigenvalue weighted by Gasteiger charge is -2.10. The van der Waals surface area contributed by atoms with Crippen molar-refractivity contribution in [3.8, 4) is 0 Å². The van der Waals surface area contributed by atoms with Crippen LogP contribution in [0.1, 0.15) is 46.0 Å². The van der Waals surface area contributed by atoms with Gasteiger partial charge in [-0.25, -0.2) is 0 Å². The van der Waals surface area contributed by atoms with Crippen LogP contribution in [0.15, 0.2) is 0 Å². The third-order valence-corrected chi connectivity index (χ3v) is 2.76. The highest BCUT2D eigenvalue weighted by atomic mass is 16.5. The standard InChI is InChI=1S/C12H23NO2/c1-10(2)7-8-13-12(14)6-5-11-4-3-9-15-11/h10-11H,3-9H2,1-2H3,(H,13,14)/t11-/m0/s1. The second kappa shape index (κ2) is 6.83. The zero-order valence-corrected chi connectivity index (χ0v) is 9.92. The van der Waals surface area contributed by atoms with Gasteiger partial charge in [-0.2, -0.15) is 0 Å². The van der Waals surface area contributed by atoms with Crippen LogP contribution in [0.3, 0.4) is 0 Å². The van der Waals surface area contributed by atoms with Gasteiger partial charge in [0.1, 0.15) is 0 Å². The zero-order chi connectivity index (χ0) is 11.1. The van der Waals surface area contributed by atoms with Crippen molar-refractivity contribution in [1.29, 1.82) is 0 Å². The molecule has 1 aliphatic heterocycles. The van der Waals surface area contributed by atoms with Gasteiger partial charge in [0, 0.05) is 19.6 Å². The first-order chi connectivity index (χ1) is 7.18. The molecule has 1 heterocycles. The average molecular weight is 213 g/mol. The smallest absolute Gasteiger partial charge is 0.220 e. The summed E-state index contributed by atoms with van der Waals surface area (Å²) in [7, 11) is 0. The number of rotatable bonds is 6. The number of ether oxygens (including phenoxy) is 1. The Bertz CT molecular complexity index is 186. The molecule has 3 heteroatoms. The van der Waals surface area contributed by atoms with Gasteiger partial charge in [0.05, 0.1) is 6.10 Å². The van der Waals surface area contributed by atoms with Crippen LogP contribution in [0.25, 0.3) is 0 Å². The summed E-state index contributed by atoms with van der Waals surface area (Å²) in [5.41, 5.74) is 0. The highest BCUT2D eigenvalue weighted by Gasteiger charge is 2.16. The predicted octanol–water partition coefficient (Wildman–Crippen LogP) is 2.11. The minimum absolute atomic E-state index is 0.172. The summed E-state index contributed by atoms with van der Waals surface area (Å²) < 4.78 is 5.47. The molecule has 1 N–H and O–H groups in total. The lowest BCUT2D eigenvalue weighted by Crippen LogP contribution is -2.26. The second-order valence-electron chi connectivity index (χ2n) is 4.71. The maximum Gasteiger partial charge on any atom is 0.220 e. The van der Waals surface area contributed by atoms with Crippen LogP contribution in [0.2, 0.25) is 0 Å². The molecule has 0 saturated carbocycles. The fraction of sp³-hybridized carbons (Fsp3) is 0.917. The summed E-state index contributed by atoms with van der Waals surface area (Å²) in [6, 6.07) is 0. The van der Waals surface area contributed by atoms with Crippen LogP contribution in [-0.4, -0.2) is 25.2 Å². The molecule has 0 aromatic rings. The first-order valence-electron chi connectivity index (χ1n) is 6.07. The highest BCUT2D eigenvalue weighted by Crippen LogP contribution is 2.16. The topological polar surface area (TPSA) is 38.3 Å². The summed E-state index contributed by atoms with van der Waals surface area (Å²) in [6.07, 6.45) is 5.17. The largest absolute Gasteiger partial charge is 0.378 e. The van der Waals surface area contributed by atoms with E-state index >= 15 is 0 Å². The Hall–Kier alpha value is -0.570. The quantitative estimate of drug-likeness (QED) is 0.734. The van der Waals surface area contributed by atoms with Crippen LogP contribution >= 0.6 is 0 Å². The monoisotopic (exact) mass is 213 g/mol. The van der Waals surface area contributed by atoms with Gasteiger partial charge in [-0.05, 0) is 31.6 Å². The minimum Gasteiger partial charge on any atom is -0.378 e. The van der Waals surface area contributed by atoms with Gasteiger partial charge >= 0.3 is 0 Å². The lowest BCUT2D eigenvalue weighted by atomic mass is 10.1. The molecule has 0 aromatic heterocycles. The van der Waals surface area contributed by atoms with E-state index < -0.39 is 0 Å². The van der Waals surface area contributed by atoms with E-state index in [-0.39, 0.29) is 5.91 Å². The normalized spacial score (nSPS) is 20.9. The van der Waals surface area contributed by atoms with E-state index in [9.17, 15) is 4.79 Å². The first kappa shape index (κ1) is 12.5. The Morgan fingerprint density at radius 2 is 2.33 bits per heavy atom. The molecule has 1 rings (SSSR count). The summed E-state index contributed by atoms with van der Waals surface area (Å²) >= 11 is 0. The Labute approximate surface area is 92.6 Å². The average Bonchev–Trinajstić information content (AvgIpc) is 2.66. The highest BCUT2D eigenvalue weighted by molar-refractivity contribution is 5.75. The fourth-order valence-electron chi connectivity index (χ4n) is 1.75. The van der Waals surface area contributed by atoms with Gasteiger partial charge in [0.15, 0.2) is 0 Å². The molecule has 0 unspecified atom stereocenters. The van der Waals surface area contributed by atoms with Crippen LogP contribution in [0, 0.1) is 5.92 Å². The molecule has 88 valence electrons. The van der Waals surface area contributed by atoms with E-state index in [1.807, 2.05) is 0 Å². The SMILES string of the molecule is CC(C)CCNC(=O)CC[C@@H]1CCCO1. The van der Waals surface area contributed by atoms with Crippen molar-refractivity contribution in [3.63, 3.8) is 0 Å². The Morgan fingerprint density at radius 3 is 2.93 bits per heavy atom. The molecular weight excluding hydrogens is 190 g/mol. The summed E-state index contributed by atoms with van der Waals surface area (Å²) in [4.78, 5) is 11.4. The third-order valence-electron chi connectivity index (χ3n) is 2.76. The van der Waals surface area contributed by atoms with Gasteiger partial charge in [0.25, 0.3) is 0 Å². The molecule has 0 bridgehead atoms.